The minimum atomic E-state index is -4.18. The fraction of sp³-hybridized carbons (Fsp3) is 0.167. The smallest absolute Gasteiger partial charge is 0.276 e. The lowest BCUT2D eigenvalue weighted by molar-refractivity contribution is -0.387. The molecule has 0 amide bonds. The Morgan fingerprint density at radius 3 is 2.33 bits per heavy atom. The molecule has 0 fully saturated rings. The second kappa shape index (κ2) is 6.84. The highest BCUT2D eigenvalue weighted by Crippen LogP contribution is 2.31. The van der Waals surface area contributed by atoms with Crippen LogP contribution >= 0.6 is 0 Å². The molecule has 140 valence electrons. The van der Waals surface area contributed by atoms with Crippen LogP contribution in [-0.4, -0.2) is 23.1 Å². The lowest BCUT2D eigenvalue weighted by atomic mass is 10.2. The van der Waals surface area contributed by atoms with Crippen molar-refractivity contribution in [2.24, 2.45) is 0 Å². The molecule has 0 radical (unpaired) electrons. The van der Waals surface area contributed by atoms with E-state index in [1.807, 2.05) is 30.3 Å². The average Bonchev–Trinajstić information content (AvgIpc) is 2.90. The predicted octanol–water partition coefficient (Wildman–Crippen LogP) is 3.51. The van der Waals surface area contributed by atoms with Gasteiger partial charge in [-0.25, -0.2) is 13.1 Å². The maximum atomic E-state index is 12.9. The molecule has 9 heteroatoms. The number of nitrogens with zero attached hydrogens (tertiary/aromatic N) is 3. The summed E-state index contributed by atoms with van der Waals surface area (Å²) in [7, 11) is -4.18. The number of nitro benzene ring substituents is 1. The van der Waals surface area contributed by atoms with E-state index in [-0.39, 0.29) is 4.90 Å². The van der Waals surface area contributed by atoms with Crippen molar-refractivity contribution in [1.29, 1.82) is 0 Å². The Bertz CT molecular complexity index is 1120. The molecule has 0 atom stereocenters. The summed E-state index contributed by atoms with van der Waals surface area (Å²) in [6, 6.07) is 13.4. The van der Waals surface area contributed by atoms with Crippen LogP contribution in [0.15, 0.2) is 53.4 Å². The molecule has 0 aliphatic carbocycles. The molecule has 1 heterocycles. The molecule has 2 aromatic carbocycles. The van der Waals surface area contributed by atoms with Gasteiger partial charge in [0.2, 0.25) is 0 Å². The van der Waals surface area contributed by atoms with E-state index in [2.05, 4.69) is 9.82 Å². The van der Waals surface area contributed by atoms with E-state index in [9.17, 15) is 18.5 Å². The van der Waals surface area contributed by atoms with Crippen molar-refractivity contribution in [1.82, 2.24) is 9.78 Å². The molecule has 0 aliphatic rings. The van der Waals surface area contributed by atoms with Crippen LogP contribution in [0.25, 0.3) is 5.69 Å². The van der Waals surface area contributed by atoms with Gasteiger partial charge in [0.05, 0.1) is 27.7 Å². The number of para-hydroxylation sites is 1. The van der Waals surface area contributed by atoms with Gasteiger partial charge in [-0.05, 0) is 38.5 Å². The summed E-state index contributed by atoms with van der Waals surface area (Å²) in [5, 5.41) is 15.7. The molecule has 3 rings (SSSR count). The number of nitrogens with one attached hydrogen (secondary N) is 1. The van der Waals surface area contributed by atoms with E-state index in [0.717, 1.165) is 5.69 Å². The minimum Gasteiger partial charge on any atom is -0.276 e. The number of rotatable bonds is 5. The van der Waals surface area contributed by atoms with Gasteiger partial charge in [0.25, 0.3) is 15.7 Å². The number of hydrogen-bond acceptors (Lipinski definition) is 5. The topological polar surface area (TPSA) is 107 Å². The molecule has 0 saturated heterocycles. The first-order chi connectivity index (χ1) is 12.7. The van der Waals surface area contributed by atoms with Gasteiger partial charge in [-0.2, -0.15) is 5.10 Å². The summed E-state index contributed by atoms with van der Waals surface area (Å²) in [4.78, 5) is 10.2. The summed E-state index contributed by atoms with van der Waals surface area (Å²) >= 11 is 0. The quantitative estimate of drug-likeness (QED) is 0.533. The number of hydrogen-bond donors (Lipinski definition) is 1. The number of nitro groups is 1. The second-order valence-electron chi connectivity index (χ2n) is 6.08. The zero-order chi connectivity index (χ0) is 19.8. The lowest BCUT2D eigenvalue weighted by Crippen LogP contribution is -2.17. The fourth-order valence-corrected chi connectivity index (χ4v) is 4.50. The zero-order valence-electron chi connectivity index (χ0n) is 15.0. The number of anilines is 1. The molecular weight excluding hydrogens is 368 g/mol. The van der Waals surface area contributed by atoms with Crippen LogP contribution in [0.1, 0.15) is 17.0 Å². The van der Waals surface area contributed by atoms with Gasteiger partial charge in [-0.1, -0.05) is 30.3 Å². The highest BCUT2D eigenvalue weighted by atomic mass is 32.2. The van der Waals surface area contributed by atoms with Crippen molar-refractivity contribution < 1.29 is 13.3 Å². The molecule has 27 heavy (non-hydrogen) atoms. The molecule has 8 nitrogen and oxygen atoms in total. The van der Waals surface area contributed by atoms with Gasteiger partial charge in [-0.3, -0.25) is 14.8 Å². The molecule has 0 aliphatic heterocycles. The minimum absolute atomic E-state index is 0.294. The summed E-state index contributed by atoms with van der Waals surface area (Å²) < 4.78 is 30.0. The predicted molar refractivity (Wildman–Crippen MR) is 102 cm³/mol. The first kappa shape index (κ1) is 18.6. The summed E-state index contributed by atoms with van der Waals surface area (Å²) in [6.07, 6.45) is 0. The Morgan fingerprint density at radius 1 is 1.04 bits per heavy atom. The molecular formula is C18H18N4O4S. The normalized spacial score (nSPS) is 11.4. The van der Waals surface area contributed by atoms with E-state index < -0.39 is 20.6 Å². The average molecular weight is 386 g/mol. The van der Waals surface area contributed by atoms with Crippen molar-refractivity contribution in [3.8, 4) is 5.69 Å². The lowest BCUT2D eigenvalue weighted by Gasteiger charge is -2.11. The van der Waals surface area contributed by atoms with Crippen molar-refractivity contribution in [2.45, 2.75) is 25.7 Å². The van der Waals surface area contributed by atoms with E-state index in [0.29, 0.717) is 22.6 Å². The molecule has 1 aromatic heterocycles. The first-order valence-electron chi connectivity index (χ1n) is 8.11. The van der Waals surface area contributed by atoms with E-state index >= 15 is 0 Å². The SMILES string of the molecule is Cc1cccc([N+](=O)[O-])c1S(=O)(=O)Nc1c(C)nn(-c2ccccc2)c1C. The van der Waals surface area contributed by atoms with Crippen LogP contribution in [0.2, 0.25) is 0 Å². The maximum Gasteiger partial charge on any atom is 0.290 e. The van der Waals surface area contributed by atoms with Gasteiger partial charge >= 0.3 is 0 Å². The van der Waals surface area contributed by atoms with Crippen molar-refractivity contribution >= 4 is 21.4 Å². The summed E-state index contributed by atoms with van der Waals surface area (Å²) in [6.45, 7) is 4.93. The molecule has 0 saturated carbocycles. The van der Waals surface area contributed by atoms with Crippen LogP contribution in [-0.2, 0) is 10.0 Å². The Kier molecular flexibility index (Phi) is 4.71. The third kappa shape index (κ3) is 3.41. The van der Waals surface area contributed by atoms with Crippen molar-refractivity contribution in [2.75, 3.05) is 4.72 Å². The van der Waals surface area contributed by atoms with Crippen LogP contribution < -0.4 is 4.72 Å². The number of sulfonamides is 1. The van der Waals surface area contributed by atoms with E-state index in [1.165, 1.54) is 25.1 Å². The summed E-state index contributed by atoms with van der Waals surface area (Å²) in [5.41, 5.74) is 1.97. The van der Waals surface area contributed by atoms with Gasteiger partial charge in [0.15, 0.2) is 4.90 Å². The molecule has 1 N–H and O–H groups in total. The highest BCUT2D eigenvalue weighted by Gasteiger charge is 2.29. The number of benzene rings is 2. The molecule has 0 bridgehead atoms. The van der Waals surface area contributed by atoms with Crippen LogP contribution in [0.5, 0.6) is 0 Å². The standard InChI is InChI=1S/C18H18N4O4S/c1-12-8-7-11-16(22(23)24)18(12)27(25,26)20-17-13(2)19-21(14(17)3)15-9-5-4-6-10-15/h4-11,20H,1-3H3. The van der Waals surface area contributed by atoms with Gasteiger partial charge in [-0.15, -0.1) is 0 Å². The van der Waals surface area contributed by atoms with Crippen LogP contribution in [0.3, 0.4) is 0 Å². The highest BCUT2D eigenvalue weighted by molar-refractivity contribution is 7.93. The fourth-order valence-electron chi connectivity index (χ4n) is 2.93. The Balaban J connectivity index is 2.09. The number of aromatic nitrogens is 2. The summed E-state index contributed by atoms with van der Waals surface area (Å²) in [5.74, 6) is 0. The Morgan fingerprint density at radius 2 is 1.70 bits per heavy atom. The van der Waals surface area contributed by atoms with Crippen molar-refractivity contribution in [3.63, 3.8) is 0 Å². The van der Waals surface area contributed by atoms with Crippen molar-refractivity contribution in [3.05, 3.63) is 75.6 Å². The molecule has 0 unspecified atom stereocenters. The number of aryl methyl sites for hydroxylation is 2. The van der Waals surface area contributed by atoms with Gasteiger partial charge in [0, 0.05) is 6.07 Å². The van der Waals surface area contributed by atoms with Crippen LogP contribution in [0, 0.1) is 30.9 Å². The Labute approximate surface area is 156 Å². The van der Waals surface area contributed by atoms with E-state index in [1.54, 1.807) is 18.5 Å². The maximum absolute atomic E-state index is 12.9. The third-order valence-electron chi connectivity index (χ3n) is 4.19. The Hall–Kier alpha value is -3.20. The molecule has 3 aromatic rings. The monoisotopic (exact) mass is 386 g/mol. The van der Waals surface area contributed by atoms with E-state index in [4.69, 9.17) is 0 Å². The third-order valence-corrected chi connectivity index (χ3v) is 5.73. The molecule has 0 spiro atoms. The zero-order valence-corrected chi connectivity index (χ0v) is 15.8. The van der Waals surface area contributed by atoms with Gasteiger partial charge < -0.3 is 0 Å². The second-order valence-corrected chi connectivity index (χ2v) is 7.70. The first-order valence-corrected chi connectivity index (χ1v) is 9.59. The van der Waals surface area contributed by atoms with Crippen LogP contribution in [0.4, 0.5) is 11.4 Å². The largest absolute Gasteiger partial charge is 0.290 e. The van der Waals surface area contributed by atoms with Gasteiger partial charge in [0.1, 0.15) is 0 Å².